The molecule has 6 nitrogen and oxygen atoms in total. The molecule has 0 radical (unpaired) electrons. The van der Waals surface area contributed by atoms with Gasteiger partial charge in [-0.15, -0.1) is 0 Å². The van der Waals surface area contributed by atoms with Gasteiger partial charge in [0.25, 0.3) is 0 Å². The number of benzene rings is 5. The van der Waals surface area contributed by atoms with Crippen molar-refractivity contribution in [2.24, 2.45) is 0 Å². The van der Waals surface area contributed by atoms with Gasteiger partial charge in [0.05, 0.1) is 55.7 Å². The van der Waals surface area contributed by atoms with E-state index in [1.165, 1.54) is 0 Å². The highest BCUT2D eigenvalue weighted by molar-refractivity contribution is 6.26. The SMILES string of the molecule is N#Cc1cccc(C#N)c1-n1c2ccccc2c2c1ccc1c3ccccc3n(-c3c(C#N)cccc3C#N)c12. The molecule has 2 aromatic heterocycles. The van der Waals surface area contributed by atoms with E-state index in [1.54, 1.807) is 36.4 Å². The summed E-state index contributed by atoms with van der Waals surface area (Å²) in [5.74, 6) is 0. The zero-order chi connectivity index (χ0) is 27.4. The monoisotopic (exact) mass is 508 g/mol. The van der Waals surface area contributed by atoms with Gasteiger partial charge >= 0.3 is 0 Å². The summed E-state index contributed by atoms with van der Waals surface area (Å²) in [6.45, 7) is 0. The fraction of sp³-hybridized carbons (Fsp3) is 0. The average Bonchev–Trinajstić information content (AvgIpc) is 3.52. The van der Waals surface area contributed by atoms with E-state index in [2.05, 4.69) is 24.3 Å². The van der Waals surface area contributed by atoms with Gasteiger partial charge in [-0.05, 0) is 42.5 Å². The van der Waals surface area contributed by atoms with E-state index in [1.807, 2.05) is 69.8 Å². The van der Waals surface area contributed by atoms with Crippen LogP contribution in [0.5, 0.6) is 0 Å². The zero-order valence-corrected chi connectivity index (χ0v) is 20.9. The highest BCUT2D eigenvalue weighted by Crippen LogP contribution is 2.43. The van der Waals surface area contributed by atoms with Crippen LogP contribution in [0.25, 0.3) is 55.0 Å². The zero-order valence-electron chi connectivity index (χ0n) is 20.9. The minimum atomic E-state index is 0.393. The van der Waals surface area contributed by atoms with Crippen LogP contribution in [0.1, 0.15) is 22.3 Å². The van der Waals surface area contributed by atoms with Crippen LogP contribution in [-0.2, 0) is 0 Å². The van der Waals surface area contributed by atoms with Crippen LogP contribution in [0.3, 0.4) is 0 Å². The Bertz CT molecular complexity index is 2310. The van der Waals surface area contributed by atoms with Crippen LogP contribution in [0.4, 0.5) is 0 Å². The van der Waals surface area contributed by atoms with Crippen LogP contribution in [-0.4, -0.2) is 9.13 Å². The molecule has 0 aliphatic rings. The molecule has 0 aliphatic heterocycles. The molecule has 0 atom stereocenters. The van der Waals surface area contributed by atoms with Crippen molar-refractivity contribution in [2.75, 3.05) is 0 Å². The molecular formula is C34H16N6. The maximum Gasteiger partial charge on any atom is 0.101 e. The number of nitrogens with zero attached hydrogens (tertiary/aromatic N) is 6. The van der Waals surface area contributed by atoms with Gasteiger partial charge in [0, 0.05) is 21.5 Å². The normalized spacial score (nSPS) is 10.9. The van der Waals surface area contributed by atoms with Crippen molar-refractivity contribution in [3.8, 4) is 35.7 Å². The predicted molar refractivity (Wildman–Crippen MR) is 154 cm³/mol. The highest BCUT2D eigenvalue weighted by atomic mass is 15.0. The smallest absolute Gasteiger partial charge is 0.101 e. The van der Waals surface area contributed by atoms with E-state index in [9.17, 15) is 21.0 Å². The lowest BCUT2D eigenvalue weighted by molar-refractivity contribution is 1.15. The number of rotatable bonds is 2. The quantitative estimate of drug-likeness (QED) is 0.243. The largest absolute Gasteiger partial charge is 0.307 e. The lowest BCUT2D eigenvalue weighted by atomic mass is 10.1. The molecule has 0 saturated heterocycles. The second-order valence-electron chi connectivity index (χ2n) is 9.41. The Morgan fingerprint density at radius 2 is 0.875 bits per heavy atom. The maximum absolute atomic E-state index is 10.1. The molecule has 7 rings (SSSR count). The van der Waals surface area contributed by atoms with E-state index in [4.69, 9.17) is 0 Å². The van der Waals surface area contributed by atoms with Crippen molar-refractivity contribution in [1.29, 1.82) is 21.0 Å². The van der Waals surface area contributed by atoms with Crippen molar-refractivity contribution in [3.05, 3.63) is 119 Å². The second-order valence-corrected chi connectivity index (χ2v) is 9.41. The fourth-order valence-electron chi connectivity index (χ4n) is 5.91. The lowest BCUT2D eigenvalue weighted by Crippen LogP contribution is -2.02. The van der Waals surface area contributed by atoms with Crippen molar-refractivity contribution in [1.82, 2.24) is 9.13 Å². The first-order chi connectivity index (χ1) is 19.7. The minimum absolute atomic E-state index is 0.393. The van der Waals surface area contributed by atoms with Gasteiger partial charge < -0.3 is 9.13 Å². The van der Waals surface area contributed by atoms with Crippen molar-refractivity contribution >= 4 is 43.6 Å². The molecular weight excluding hydrogens is 492 g/mol. The van der Waals surface area contributed by atoms with Gasteiger partial charge in [0.2, 0.25) is 0 Å². The van der Waals surface area contributed by atoms with Crippen LogP contribution in [0.2, 0.25) is 0 Å². The van der Waals surface area contributed by atoms with E-state index in [-0.39, 0.29) is 0 Å². The highest BCUT2D eigenvalue weighted by Gasteiger charge is 2.24. The Kier molecular flexibility index (Phi) is 4.91. The molecule has 0 N–H and O–H groups in total. The summed E-state index contributed by atoms with van der Waals surface area (Å²) >= 11 is 0. The molecule has 0 unspecified atom stereocenters. The Morgan fingerprint density at radius 1 is 0.400 bits per heavy atom. The molecule has 2 heterocycles. The van der Waals surface area contributed by atoms with Crippen LogP contribution in [0.15, 0.2) is 97.1 Å². The summed E-state index contributed by atoms with van der Waals surface area (Å²) in [7, 11) is 0. The molecule has 0 aliphatic carbocycles. The number of aromatic nitrogens is 2. The molecule has 5 aromatic carbocycles. The van der Waals surface area contributed by atoms with E-state index in [0.717, 1.165) is 43.6 Å². The van der Waals surface area contributed by atoms with Crippen LogP contribution in [0, 0.1) is 45.3 Å². The first-order valence-corrected chi connectivity index (χ1v) is 12.5. The number of hydrogen-bond donors (Lipinski definition) is 0. The Balaban J connectivity index is 1.80. The standard InChI is InChI=1S/C34H16N6/c35-17-21-7-5-8-22(18-36)32(21)39-29-14-4-2-12-27(29)31-30(39)16-15-26-25-11-1-3-13-28(25)40(34(26)31)33-23(19-37)9-6-10-24(33)20-38/h1-16H. The third-order valence-corrected chi connectivity index (χ3v) is 7.47. The third kappa shape index (κ3) is 2.94. The maximum atomic E-state index is 10.1. The minimum Gasteiger partial charge on any atom is -0.307 e. The molecule has 0 bridgehead atoms. The van der Waals surface area contributed by atoms with E-state index >= 15 is 0 Å². The summed E-state index contributed by atoms with van der Waals surface area (Å²) < 4.78 is 3.99. The van der Waals surface area contributed by atoms with Gasteiger partial charge in [0.15, 0.2) is 0 Å². The summed E-state index contributed by atoms with van der Waals surface area (Å²) in [5.41, 5.74) is 5.99. The Hall–Kier alpha value is -6.34. The molecule has 0 amide bonds. The van der Waals surface area contributed by atoms with Crippen molar-refractivity contribution in [2.45, 2.75) is 0 Å². The van der Waals surface area contributed by atoms with Gasteiger partial charge in [-0.1, -0.05) is 54.6 Å². The predicted octanol–water partition coefficient (Wildman–Crippen LogP) is 7.37. The molecule has 0 fully saturated rings. The van der Waals surface area contributed by atoms with E-state index in [0.29, 0.717) is 33.6 Å². The number of para-hydroxylation sites is 4. The number of fused-ring (bicyclic) bond motifs is 7. The van der Waals surface area contributed by atoms with Gasteiger partial charge in [-0.3, -0.25) is 0 Å². The van der Waals surface area contributed by atoms with Crippen molar-refractivity contribution in [3.63, 3.8) is 0 Å². The lowest BCUT2D eigenvalue weighted by Gasteiger charge is -2.13. The molecule has 40 heavy (non-hydrogen) atoms. The summed E-state index contributed by atoms with van der Waals surface area (Å²) in [5, 5.41) is 44.0. The van der Waals surface area contributed by atoms with E-state index < -0.39 is 0 Å². The molecule has 0 saturated carbocycles. The Morgan fingerprint density at radius 3 is 1.43 bits per heavy atom. The van der Waals surface area contributed by atoms with Gasteiger partial charge in [-0.25, -0.2) is 0 Å². The first-order valence-electron chi connectivity index (χ1n) is 12.5. The summed E-state index contributed by atoms with van der Waals surface area (Å²) in [4.78, 5) is 0. The summed E-state index contributed by atoms with van der Waals surface area (Å²) in [6.07, 6.45) is 0. The molecule has 0 spiro atoms. The van der Waals surface area contributed by atoms with Crippen LogP contribution < -0.4 is 0 Å². The average molecular weight is 509 g/mol. The molecule has 6 heteroatoms. The molecule has 7 aromatic rings. The fourth-order valence-corrected chi connectivity index (χ4v) is 5.91. The second kappa shape index (κ2) is 8.61. The van der Waals surface area contributed by atoms with Gasteiger partial charge in [-0.2, -0.15) is 21.0 Å². The number of nitriles is 4. The summed E-state index contributed by atoms with van der Waals surface area (Å²) in [6, 6.07) is 39.3. The van der Waals surface area contributed by atoms with Gasteiger partial charge in [0.1, 0.15) is 24.3 Å². The van der Waals surface area contributed by atoms with Crippen molar-refractivity contribution < 1.29 is 0 Å². The molecule has 182 valence electrons. The van der Waals surface area contributed by atoms with Crippen LogP contribution >= 0.6 is 0 Å². The third-order valence-electron chi connectivity index (χ3n) is 7.47. The first kappa shape index (κ1) is 22.8. The topological polar surface area (TPSA) is 105 Å². The Labute approximate surface area is 228 Å². The number of hydrogen-bond acceptors (Lipinski definition) is 4.